The lowest BCUT2D eigenvalue weighted by molar-refractivity contribution is -0.141. The van der Waals surface area contributed by atoms with Crippen LogP contribution in [0.1, 0.15) is 11.3 Å². The topological polar surface area (TPSA) is 49.8 Å². The van der Waals surface area contributed by atoms with Gasteiger partial charge in [0.2, 0.25) is 5.95 Å². The third kappa shape index (κ3) is 4.04. The third-order valence-corrected chi connectivity index (χ3v) is 2.63. The molecule has 8 heteroatoms. The molecule has 1 heterocycles. The minimum absolute atomic E-state index is 0.0333. The van der Waals surface area contributed by atoms with Crippen LogP contribution >= 0.6 is 0 Å². The smallest absolute Gasteiger partial charge is 0.366 e. The monoisotopic (exact) mass is 300 g/mol. The maximum atomic E-state index is 12.8. The number of aromatic nitrogens is 2. The molecule has 0 radical (unpaired) electrons. The first-order chi connectivity index (χ1) is 9.88. The van der Waals surface area contributed by atoms with Crippen LogP contribution in [0.5, 0.6) is 0 Å². The number of alkyl halides is 3. The summed E-state index contributed by atoms with van der Waals surface area (Å²) in [5.41, 5.74) is -0.321. The van der Waals surface area contributed by atoms with Gasteiger partial charge in [-0.15, -0.1) is 0 Å². The maximum absolute atomic E-state index is 12.8. The molecule has 0 aliphatic rings. The van der Waals surface area contributed by atoms with Gasteiger partial charge in [-0.25, -0.2) is 9.37 Å². The predicted octanol–water partition coefficient (Wildman–Crippen LogP) is 3.29. The molecule has 2 rings (SSSR count). The van der Waals surface area contributed by atoms with Gasteiger partial charge in [0.05, 0.1) is 0 Å². The van der Waals surface area contributed by atoms with E-state index in [-0.39, 0.29) is 24.1 Å². The van der Waals surface area contributed by atoms with Crippen LogP contribution in [0.15, 0.2) is 30.3 Å². The zero-order valence-electron chi connectivity index (χ0n) is 11.0. The number of halogens is 4. The number of rotatable bonds is 4. The molecule has 0 bridgehead atoms. The van der Waals surface area contributed by atoms with Crippen LogP contribution in [0.25, 0.3) is 0 Å². The minimum Gasteiger partial charge on any atom is -0.366 e. The third-order valence-electron chi connectivity index (χ3n) is 2.63. The Morgan fingerprint density at radius 1 is 1.10 bits per heavy atom. The molecule has 0 saturated heterocycles. The van der Waals surface area contributed by atoms with Gasteiger partial charge in [0.25, 0.3) is 0 Å². The molecule has 0 amide bonds. The first-order valence-electron chi connectivity index (χ1n) is 6.01. The summed E-state index contributed by atoms with van der Waals surface area (Å²) in [6.07, 6.45) is -4.55. The van der Waals surface area contributed by atoms with Gasteiger partial charge in [0.1, 0.15) is 11.6 Å². The predicted molar refractivity (Wildman–Crippen MR) is 70.3 cm³/mol. The maximum Gasteiger partial charge on any atom is 0.433 e. The van der Waals surface area contributed by atoms with E-state index in [9.17, 15) is 17.6 Å². The fraction of sp³-hybridized carbons (Fsp3) is 0.231. The number of benzene rings is 1. The number of nitrogens with zero attached hydrogens (tertiary/aromatic N) is 2. The summed E-state index contributed by atoms with van der Waals surface area (Å²) in [6, 6.07) is 6.44. The van der Waals surface area contributed by atoms with Gasteiger partial charge in [-0.1, -0.05) is 12.1 Å². The van der Waals surface area contributed by atoms with Crippen molar-refractivity contribution in [2.45, 2.75) is 12.7 Å². The van der Waals surface area contributed by atoms with E-state index in [1.807, 2.05) is 0 Å². The zero-order chi connectivity index (χ0) is 15.5. The van der Waals surface area contributed by atoms with Crippen molar-refractivity contribution in [3.8, 4) is 0 Å². The molecule has 1 aromatic carbocycles. The lowest BCUT2D eigenvalue weighted by Crippen LogP contribution is -2.13. The van der Waals surface area contributed by atoms with Gasteiger partial charge in [0.15, 0.2) is 5.69 Å². The van der Waals surface area contributed by atoms with Crippen molar-refractivity contribution in [1.29, 1.82) is 0 Å². The quantitative estimate of drug-likeness (QED) is 0.851. The number of hydrogen-bond acceptors (Lipinski definition) is 4. The molecule has 0 aliphatic heterocycles. The molecule has 1 aromatic heterocycles. The van der Waals surface area contributed by atoms with Crippen molar-refractivity contribution in [1.82, 2.24) is 9.97 Å². The molecular weight excluding hydrogens is 288 g/mol. The van der Waals surface area contributed by atoms with Gasteiger partial charge in [-0.05, 0) is 17.7 Å². The number of anilines is 2. The lowest BCUT2D eigenvalue weighted by atomic mass is 10.2. The number of nitrogens with one attached hydrogen (secondary N) is 2. The zero-order valence-corrected chi connectivity index (χ0v) is 11.0. The second-order valence-corrected chi connectivity index (χ2v) is 4.19. The molecular formula is C13H12F4N4. The Morgan fingerprint density at radius 3 is 2.33 bits per heavy atom. The molecule has 0 saturated carbocycles. The molecule has 21 heavy (non-hydrogen) atoms. The van der Waals surface area contributed by atoms with Crippen molar-refractivity contribution in [3.63, 3.8) is 0 Å². The van der Waals surface area contributed by atoms with Crippen molar-refractivity contribution in [2.75, 3.05) is 17.7 Å². The molecule has 112 valence electrons. The SMILES string of the molecule is CNc1nc(NCc2ccc(F)cc2)cc(C(F)(F)F)n1. The van der Waals surface area contributed by atoms with E-state index in [4.69, 9.17) is 0 Å². The van der Waals surface area contributed by atoms with Crippen LogP contribution < -0.4 is 10.6 Å². The van der Waals surface area contributed by atoms with Crippen LogP contribution in [0, 0.1) is 5.82 Å². The van der Waals surface area contributed by atoms with Crippen molar-refractivity contribution in [3.05, 3.63) is 47.4 Å². The van der Waals surface area contributed by atoms with E-state index in [0.717, 1.165) is 11.6 Å². The van der Waals surface area contributed by atoms with Gasteiger partial charge < -0.3 is 10.6 Å². The molecule has 2 N–H and O–H groups in total. The van der Waals surface area contributed by atoms with Crippen molar-refractivity contribution < 1.29 is 17.6 Å². The van der Waals surface area contributed by atoms with E-state index in [0.29, 0.717) is 0 Å². The van der Waals surface area contributed by atoms with E-state index >= 15 is 0 Å². The Labute approximate surface area is 118 Å². The van der Waals surface area contributed by atoms with Gasteiger partial charge in [-0.3, -0.25) is 0 Å². The fourth-order valence-electron chi connectivity index (χ4n) is 1.59. The average molecular weight is 300 g/mol. The second-order valence-electron chi connectivity index (χ2n) is 4.19. The normalized spacial score (nSPS) is 11.3. The fourth-order valence-corrected chi connectivity index (χ4v) is 1.59. The summed E-state index contributed by atoms with van der Waals surface area (Å²) in [7, 11) is 1.43. The van der Waals surface area contributed by atoms with Crippen LogP contribution in [-0.2, 0) is 12.7 Å². The second kappa shape index (κ2) is 5.94. The Hall–Kier alpha value is -2.38. The van der Waals surface area contributed by atoms with Gasteiger partial charge >= 0.3 is 6.18 Å². The molecule has 0 unspecified atom stereocenters. The van der Waals surface area contributed by atoms with Gasteiger partial charge in [-0.2, -0.15) is 18.2 Å². The van der Waals surface area contributed by atoms with Crippen LogP contribution in [0.3, 0.4) is 0 Å². The lowest BCUT2D eigenvalue weighted by Gasteiger charge is -2.11. The Kier molecular flexibility index (Phi) is 4.25. The molecule has 0 atom stereocenters. The first kappa shape index (κ1) is 15.0. The summed E-state index contributed by atoms with van der Waals surface area (Å²) < 4.78 is 50.9. The van der Waals surface area contributed by atoms with Crippen LogP contribution in [0.2, 0.25) is 0 Å². The Morgan fingerprint density at radius 2 is 1.76 bits per heavy atom. The summed E-state index contributed by atoms with van der Waals surface area (Å²) >= 11 is 0. The average Bonchev–Trinajstić information content (AvgIpc) is 2.45. The standard InChI is InChI=1S/C13H12F4N4/c1-18-12-20-10(13(15,16)17)6-11(21-12)19-7-8-2-4-9(14)5-3-8/h2-6H,7H2,1H3,(H2,18,19,20,21). The van der Waals surface area contributed by atoms with E-state index in [1.165, 1.54) is 31.3 Å². The highest BCUT2D eigenvalue weighted by Crippen LogP contribution is 2.29. The van der Waals surface area contributed by atoms with Crippen LogP contribution in [0.4, 0.5) is 29.3 Å². The summed E-state index contributed by atoms with van der Waals surface area (Å²) in [5, 5.41) is 5.23. The minimum atomic E-state index is -4.55. The highest BCUT2D eigenvalue weighted by atomic mass is 19.4. The first-order valence-corrected chi connectivity index (χ1v) is 6.01. The molecule has 4 nitrogen and oxygen atoms in total. The van der Waals surface area contributed by atoms with E-state index in [2.05, 4.69) is 20.6 Å². The van der Waals surface area contributed by atoms with Crippen molar-refractivity contribution in [2.24, 2.45) is 0 Å². The Bertz CT molecular complexity index is 611. The summed E-state index contributed by atoms with van der Waals surface area (Å²) in [6.45, 7) is 0.220. The van der Waals surface area contributed by atoms with Crippen molar-refractivity contribution >= 4 is 11.8 Å². The summed E-state index contributed by atoms with van der Waals surface area (Å²) in [4.78, 5) is 7.24. The van der Waals surface area contributed by atoms with Gasteiger partial charge in [0, 0.05) is 19.7 Å². The largest absolute Gasteiger partial charge is 0.433 e. The van der Waals surface area contributed by atoms with E-state index < -0.39 is 11.9 Å². The van der Waals surface area contributed by atoms with E-state index in [1.54, 1.807) is 0 Å². The molecule has 2 aromatic rings. The van der Waals surface area contributed by atoms with Crippen LogP contribution in [-0.4, -0.2) is 17.0 Å². The molecule has 0 aliphatic carbocycles. The molecule has 0 spiro atoms. The highest BCUT2D eigenvalue weighted by Gasteiger charge is 2.33. The molecule has 0 fully saturated rings. The number of hydrogen-bond donors (Lipinski definition) is 2. The Balaban J connectivity index is 2.17. The highest BCUT2D eigenvalue weighted by molar-refractivity contribution is 5.43. The summed E-state index contributed by atoms with van der Waals surface area (Å²) in [5.74, 6) is -0.477.